The van der Waals surface area contributed by atoms with E-state index in [4.69, 9.17) is 4.74 Å². The van der Waals surface area contributed by atoms with Gasteiger partial charge in [0.05, 0.1) is 6.61 Å². The second kappa shape index (κ2) is 3.54. The van der Waals surface area contributed by atoms with Crippen molar-refractivity contribution in [3.63, 3.8) is 0 Å². The monoisotopic (exact) mass is 187 g/mol. The second-order valence-corrected chi connectivity index (χ2v) is 4.36. The molecule has 0 radical (unpaired) electrons. The van der Waals surface area contributed by atoms with Crippen LogP contribution in [0, 0.1) is 0 Å². The first kappa shape index (κ1) is 9.41. The highest BCUT2D eigenvalue weighted by atomic mass is 19.1. The molecule has 0 bridgehead atoms. The number of ether oxygens (including phenoxy) is 1. The topological polar surface area (TPSA) is 12.5 Å². The van der Waals surface area contributed by atoms with Gasteiger partial charge in [-0.2, -0.15) is 0 Å². The molecule has 0 aromatic rings. The predicted octanol–water partition coefficient (Wildman–Crippen LogP) is 1.60. The minimum Gasteiger partial charge on any atom is -0.383 e. The molecule has 13 heavy (non-hydrogen) atoms. The van der Waals surface area contributed by atoms with Gasteiger partial charge in [0.15, 0.2) is 0 Å². The summed E-state index contributed by atoms with van der Waals surface area (Å²) in [5.74, 6) is 0. The van der Waals surface area contributed by atoms with E-state index in [1.54, 1.807) is 7.11 Å². The molecule has 2 heterocycles. The lowest BCUT2D eigenvalue weighted by molar-refractivity contribution is 0.0119. The highest BCUT2D eigenvalue weighted by Gasteiger charge is 2.46. The van der Waals surface area contributed by atoms with Gasteiger partial charge < -0.3 is 4.74 Å². The van der Waals surface area contributed by atoms with Crippen LogP contribution in [0.1, 0.15) is 25.7 Å². The van der Waals surface area contributed by atoms with Crippen LogP contribution in [0.5, 0.6) is 0 Å². The Hall–Kier alpha value is -0.150. The lowest BCUT2D eigenvalue weighted by atomic mass is 9.87. The lowest BCUT2D eigenvalue weighted by Gasteiger charge is -2.41. The van der Waals surface area contributed by atoms with Crippen molar-refractivity contribution in [2.45, 2.75) is 37.4 Å². The zero-order chi connectivity index (χ0) is 9.31. The number of rotatable bonds is 2. The number of halogens is 1. The summed E-state index contributed by atoms with van der Waals surface area (Å²) in [5, 5.41) is 0. The first-order valence-electron chi connectivity index (χ1n) is 5.15. The van der Waals surface area contributed by atoms with E-state index in [-0.39, 0.29) is 5.54 Å². The summed E-state index contributed by atoms with van der Waals surface area (Å²) < 4.78 is 18.5. The quantitative estimate of drug-likeness (QED) is 0.651. The minimum absolute atomic E-state index is 0.0480. The van der Waals surface area contributed by atoms with E-state index < -0.39 is 6.17 Å². The molecule has 2 unspecified atom stereocenters. The normalized spacial score (nSPS) is 40.6. The van der Waals surface area contributed by atoms with E-state index in [1.165, 1.54) is 12.8 Å². The molecule has 0 amide bonds. The average molecular weight is 187 g/mol. The number of hydrogen-bond donors (Lipinski definition) is 0. The summed E-state index contributed by atoms with van der Waals surface area (Å²) in [5.41, 5.74) is 0.0480. The third-order valence-corrected chi connectivity index (χ3v) is 3.42. The number of fused-ring (bicyclic) bond motifs is 1. The molecular formula is C10H18FNO. The highest BCUT2D eigenvalue weighted by molar-refractivity contribution is 5.01. The molecule has 2 nitrogen and oxygen atoms in total. The zero-order valence-electron chi connectivity index (χ0n) is 8.26. The third kappa shape index (κ3) is 1.59. The van der Waals surface area contributed by atoms with Gasteiger partial charge in [0.1, 0.15) is 6.17 Å². The van der Waals surface area contributed by atoms with Crippen LogP contribution >= 0.6 is 0 Å². The number of methoxy groups -OCH3 is 1. The lowest BCUT2D eigenvalue weighted by Crippen LogP contribution is -2.50. The molecule has 0 aromatic carbocycles. The van der Waals surface area contributed by atoms with Gasteiger partial charge in [-0.25, -0.2) is 4.39 Å². The van der Waals surface area contributed by atoms with E-state index >= 15 is 0 Å². The highest BCUT2D eigenvalue weighted by Crippen LogP contribution is 2.38. The van der Waals surface area contributed by atoms with Crippen LogP contribution in [0.2, 0.25) is 0 Å². The summed E-state index contributed by atoms with van der Waals surface area (Å²) in [4.78, 5) is 2.30. The predicted molar refractivity (Wildman–Crippen MR) is 49.5 cm³/mol. The molecule has 0 aromatic heterocycles. The fraction of sp³-hybridized carbons (Fsp3) is 1.00. The second-order valence-electron chi connectivity index (χ2n) is 4.36. The van der Waals surface area contributed by atoms with Gasteiger partial charge in [-0.3, -0.25) is 4.90 Å². The van der Waals surface area contributed by atoms with Crippen LogP contribution in [-0.2, 0) is 4.74 Å². The molecule has 2 fully saturated rings. The Kier molecular flexibility index (Phi) is 2.56. The Labute approximate surface area is 79.1 Å². The average Bonchev–Trinajstić information content (AvgIpc) is 2.41. The largest absolute Gasteiger partial charge is 0.383 e. The maximum atomic E-state index is 13.3. The van der Waals surface area contributed by atoms with E-state index in [2.05, 4.69) is 4.90 Å². The molecule has 2 atom stereocenters. The Morgan fingerprint density at radius 2 is 2.38 bits per heavy atom. The smallest absolute Gasteiger partial charge is 0.115 e. The van der Waals surface area contributed by atoms with Crippen molar-refractivity contribution in [1.29, 1.82) is 0 Å². The van der Waals surface area contributed by atoms with Crippen molar-refractivity contribution in [1.82, 2.24) is 4.90 Å². The van der Waals surface area contributed by atoms with Gasteiger partial charge in [-0.05, 0) is 19.4 Å². The molecule has 2 rings (SSSR count). The fourth-order valence-corrected chi connectivity index (χ4v) is 2.88. The summed E-state index contributed by atoms with van der Waals surface area (Å²) in [6.45, 7) is 2.39. The molecule has 0 N–H and O–H groups in total. The number of alkyl halides is 1. The van der Waals surface area contributed by atoms with Crippen molar-refractivity contribution in [3.05, 3.63) is 0 Å². The molecule has 2 saturated heterocycles. The van der Waals surface area contributed by atoms with Gasteiger partial charge >= 0.3 is 0 Å². The Morgan fingerprint density at radius 1 is 1.54 bits per heavy atom. The molecule has 76 valence electrons. The van der Waals surface area contributed by atoms with Crippen LogP contribution in [0.25, 0.3) is 0 Å². The van der Waals surface area contributed by atoms with Gasteiger partial charge in [0.25, 0.3) is 0 Å². The number of nitrogens with zero attached hydrogens (tertiary/aromatic N) is 1. The van der Waals surface area contributed by atoms with E-state index in [9.17, 15) is 4.39 Å². The Morgan fingerprint density at radius 3 is 3.15 bits per heavy atom. The van der Waals surface area contributed by atoms with Crippen LogP contribution in [0.3, 0.4) is 0 Å². The molecule has 0 saturated carbocycles. The van der Waals surface area contributed by atoms with E-state index in [0.717, 1.165) is 13.0 Å². The van der Waals surface area contributed by atoms with Gasteiger partial charge in [0, 0.05) is 25.6 Å². The first-order valence-corrected chi connectivity index (χ1v) is 5.15. The molecule has 2 aliphatic heterocycles. The van der Waals surface area contributed by atoms with Crippen molar-refractivity contribution >= 4 is 0 Å². The number of piperidine rings is 1. The maximum Gasteiger partial charge on any atom is 0.115 e. The molecule has 3 heteroatoms. The Balaban J connectivity index is 2.10. The minimum atomic E-state index is -0.631. The molecular weight excluding hydrogens is 169 g/mol. The van der Waals surface area contributed by atoms with Crippen molar-refractivity contribution in [2.75, 3.05) is 26.8 Å². The SMILES string of the molecule is COCC12CCCCN1CC(F)C2. The Bertz CT molecular complexity index is 184. The summed E-state index contributed by atoms with van der Waals surface area (Å²) >= 11 is 0. The maximum absolute atomic E-state index is 13.3. The molecule has 2 aliphatic rings. The summed E-state index contributed by atoms with van der Waals surface area (Å²) in [7, 11) is 1.72. The van der Waals surface area contributed by atoms with Gasteiger partial charge in [-0.1, -0.05) is 6.42 Å². The summed E-state index contributed by atoms with van der Waals surface area (Å²) in [6, 6.07) is 0. The van der Waals surface area contributed by atoms with Crippen molar-refractivity contribution in [2.24, 2.45) is 0 Å². The third-order valence-electron chi connectivity index (χ3n) is 3.42. The zero-order valence-corrected chi connectivity index (χ0v) is 8.26. The van der Waals surface area contributed by atoms with Crippen LogP contribution in [0.15, 0.2) is 0 Å². The standard InChI is InChI=1S/C10H18FNO/c1-13-8-10-4-2-3-5-12(10)7-9(11)6-10/h9H,2-8H2,1H3. The van der Waals surface area contributed by atoms with Gasteiger partial charge in [0.2, 0.25) is 0 Å². The first-order chi connectivity index (χ1) is 6.27. The van der Waals surface area contributed by atoms with E-state index in [1.807, 2.05) is 0 Å². The fourth-order valence-electron chi connectivity index (χ4n) is 2.88. The molecule has 0 aliphatic carbocycles. The number of hydrogen-bond acceptors (Lipinski definition) is 2. The van der Waals surface area contributed by atoms with Crippen LogP contribution in [-0.4, -0.2) is 43.4 Å². The summed E-state index contributed by atoms with van der Waals surface area (Å²) in [6.07, 6.45) is 3.61. The van der Waals surface area contributed by atoms with Gasteiger partial charge in [-0.15, -0.1) is 0 Å². The van der Waals surface area contributed by atoms with Crippen molar-refractivity contribution in [3.8, 4) is 0 Å². The van der Waals surface area contributed by atoms with Crippen LogP contribution < -0.4 is 0 Å². The van der Waals surface area contributed by atoms with E-state index in [0.29, 0.717) is 19.6 Å². The van der Waals surface area contributed by atoms with Crippen LogP contribution in [0.4, 0.5) is 4.39 Å². The van der Waals surface area contributed by atoms with Crippen molar-refractivity contribution < 1.29 is 9.13 Å². The molecule has 0 spiro atoms.